The minimum atomic E-state index is -0.658. The second kappa shape index (κ2) is 6.21. The molecule has 0 aromatic carbocycles. The summed E-state index contributed by atoms with van der Waals surface area (Å²) in [5, 5.41) is 3.26. The summed E-state index contributed by atoms with van der Waals surface area (Å²) in [6, 6.07) is 0.654. The molecule has 1 unspecified atom stereocenters. The molecule has 0 bridgehead atoms. The summed E-state index contributed by atoms with van der Waals surface area (Å²) in [6.07, 6.45) is 0. The summed E-state index contributed by atoms with van der Waals surface area (Å²) in [5.74, 6) is -0.291. The zero-order valence-corrected chi connectivity index (χ0v) is 11.5. The smallest absolute Gasteiger partial charge is 0.238 e. The number of rotatable bonds is 7. The summed E-state index contributed by atoms with van der Waals surface area (Å²) in [5.41, 5.74) is 4.84. The van der Waals surface area contributed by atoms with E-state index < -0.39 is 5.54 Å². The number of likely N-dealkylation sites (N-methyl/N-ethyl adjacent to an activating group) is 1. The lowest BCUT2D eigenvalue weighted by Gasteiger charge is -2.36. The summed E-state index contributed by atoms with van der Waals surface area (Å²) >= 11 is 0. The zero-order valence-electron chi connectivity index (χ0n) is 11.5. The van der Waals surface area contributed by atoms with Crippen molar-refractivity contribution in [1.29, 1.82) is 0 Å². The maximum Gasteiger partial charge on any atom is 0.238 e. The Morgan fingerprint density at radius 1 is 1.38 bits per heavy atom. The van der Waals surface area contributed by atoms with Gasteiger partial charge in [0.25, 0.3) is 0 Å². The Hall–Kier alpha value is -0.610. The molecule has 4 nitrogen and oxygen atoms in total. The van der Waals surface area contributed by atoms with Gasteiger partial charge in [-0.1, -0.05) is 6.92 Å². The molecule has 1 atom stereocenters. The fraction of sp³-hybridized carbons (Fsp3) is 0.917. The molecular weight excluding hydrogens is 202 g/mol. The molecule has 3 N–H and O–H groups in total. The van der Waals surface area contributed by atoms with Gasteiger partial charge in [-0.25, -0.2) is 0 Å². The Morgan fingerprint density at radius 3 is 2.12 bits per heavy atom. The van der Waals surface area contributed by atoms with Crippen molar-refractivity contribution in [1.82, 2.24) is 10.2 Å². The van der Waals surface area contributed by atoms with E-state index in [1.165, 1.54) is 0 Å². The predicted molar refractivity (Wildman–Crippen MR) is 68.3 cm³/mol. The van der Waals surface area contributed by atoms with Gasteiger partial charge in [0.05, 0.1) is 0 Å². The van der Waals surface area contributed by atoms with Crippen LogP contribution in [-0.2, 0) is 4.79 Å². The maximum atomic E-state index is 11.6. The summed E-state index contributed by atoms with van der Waals surface area (Å²) in [4.78, 5) is 13.8. The molecule has 0 aliphatic heterocycles. The normalized spacial score (nSPS) is 15.8. The van der Waals surface area contributed by atoms with Crippen LogP contribution in [0.4, 0.5) is 0 Å². The SMILES string of the molecule is CCN(CC(C)(NC(C)C)C(N)=O)C(C)C. The molecule has 1 amide bonds. The van der Waals surface area contributed by atoms with Crippen LogP contribution < -0.4 is 11.1 Å². The standard InChI is InChI=1S/C12H27N3O/c1-7-15(10(4)5)8-12(6,11(13)16)14-9(2)3/h9-10,14H,7-8H2,1-6H3,(H2,13,16). The number of hydrogen-bond donors (Lipinski definition) is 2. The first-order valence-electron chi connectivity index (χ1n) is 6.04. The molecular formula is C12H27N3O. The highest BCUT2D eigenvalue weighted by atomic mass is 16.1. The van der Waals surface area contributed by atoms with Gasteiger partial charge < -0.3 is 11.1 Å². The second-order valence-corrected chi connectivity index (χ2v) is 5.15. The molecule has 0 radical (unpaired) electrons. The monoisotopic (exact) mass is 229 g/mol. The first-order valence-corrected chi connectivity index (χ1v) is 6.04. The van der Waals surface area contributed by atoms with Gasteiger partial charge in [-0.3, -0.25) is 9.69 Å². The van der Waals surface area contributed by atoms with E-state index in [0.29, 0.717) is 12.6 Å². The second-order valence-electron chi connectivity index (χ2n) is 5.15. The quantitative estimate of drug-likeness (QED) is 0.683. The molecule has 0 aromatic heterocycles. The largest absolute Gasteiger partial charge is 0.368 e. The average Bonchev–Trinajstić information content (AvgIpc) is 2.12. The Kier molecular flexibility index (Phi) is 5.97. The topological polar surface area (TPSA) is 58.4 Å². The molecule has 0 fully saturated rings. The van der Waals surface area contributed by atoms with E-state index in [9.17, 15) is 4.79 Å². The van der Waals surface area contributed by atoms with Crippen LogP contribution in [0, 0.1) is 0 Å². The van der Waals surface area contributed by atoms with Gasteiger partial charge in [0.2, 0.25) is 5.91 Å². The first-order chi connectivity index (χ1) is 7.23. The lowest BCUT2D eigenvalue weighted by Crippen LogP contribution is -2.62. The van der Waals surface area contributed by atoms with Crippen molar-refractivity contribution in [2.24, 2.45) is 5.73 Å². The van der Waals surface area contributed by atoms with Gasteiger partial charge in [0, 0.05) is 18.6 Å². The third kappa shape index (κ3) is 4.49. The number of nitrogens with zero attached hydrogens (tertiary/aromatic N) is 1. The number of amides is 1. The average molecular weight is 229 g/mol. The van der Waals surface area contributed by atoms with E-state index in [-0.39, 0.29) is 11.9 Å². The molecule has 4 heteroatoms. The van der Waals surface area contributed by atoms with Crippen LogP contribution in [-0.4, -0.2) is 41.5 Å². The molecule has 0 aliphatic rings. The van der Waals surface area contributed by atoms with Crippen LogP contribution in [0.2, 0.25) is 0 Å². The third-order valence-corrected chi connectivity index (χ3v) is 2.81. The lowest BCUT2D eigenvalue weighted by molar-refractivity contribution is -0.125. The van der Waals surface area contributed by atoms with Crippen LogP contribution in [0.1, 0.15) is 41.5 Å². The zero-order chi connectivity index (χ0) is 12.9. The van der Waals surface area contributed by atoms with Gasteiger partial charge >= 0.3 is 0 Å². The fourth-order valence-electron chi connectivity index (χ4n) is 1.90. The lowest BCUT2D eigenvalue weighted by atomic mass is 9.98. The predicted octanol–water partition coefficient (Wildman–Crippen LogP) is 0.959. The van der Waals surface area contributed by atoms with Crippen molar-refractivity contribution in [3.8, 4) is 0 Å². The Balaban J connectivity index is 4.72. The minimum Gasteiger partial charge on any atom is -0.368 e. The Labute approximate surface area is 99.6 Å². The first kappa shape index (κ1) is 15.4. The van der Waals surface area contributed by atoms with Gasteiger partial charge in [-0.15, -0.1) is 0 Å². The third-order valence-electron chi connectivity index (χ3n) is 2.81. The number of primary amides is 1. The van der Waals surface area contributed by atoms with E-state index in [0.717, 1.165) is 6.54 Å². The van der Waals surface area contributed by atoms with Crippen molar-refractivity contribution < 1.29 is 4.79 Å². The maximum absolute atomic E-state index is 11.6. The molecule has 0 rings (SSSR count). The fourth-order valence-corrected chi connectivity index (χ4v) is 1.90. The summed E-state index contributed by atoms with van der Waals surface area (Å²) in [7, 11) is 0. The Bertz CT molecular complexity index is 228. The van der Waals surface area contributed by atoms with Gasteiger partial charge in [-0.2, -0.15) is 0 Å². The molecule has 0 spiro atoms. The molecule has 96 valence electrons. The van der Waals surface area contributed by atoms with Crippen molar-refractivity contribution in [2.45, 2.75) is 59.2 Å². The van der Waals surface area contributed by atoms with E-state index in [2.05, 4.69) is 31.0 Å². The van der Waals surface area contributed by atoms with Crippen LogP contribution in [0.15, 0.2) is 0 Å². The van der Waals surface area contributed by atoms with Crippen molar-refractivity contribution in [3.05, 3.63) is 0 Å². The minimum absolute atomic E-state index is 0.239. The van der Waals surface area contributed by atoms with Gasteiger partial charge in [0.1, 0.15) is 5.54 Å². The molecule has 0 saturated heterocycles. The van der Waals surface area contributed by atoms with Crippen molar-refractivity contribution >= 4 is 5.91 Å². The van der Waals surface area contributed by atoms with E-state index in [1.54, 1.807) is 0 Å². The highest BCUT2D eigenvalue weighted by Crippen LogP contribution is 2.10. The van der Waals surface area contributed by atoms with Gasteiger partial charge in [0.15, 0.2) is 0 Å². The van der Waals surface area contributed by atoms with Crippen LogP contribution in [0.3, 0.4) is 0 Å². The Morgan fingerprint density at radius 2 is 1.88 bits per heavy atom. The molecule has 0 saturated carbocycles. The number of carbonyl (C=O) groups is 1. The van der Waals surface area contributed by atoms with Crippen molar-refractivity contribution in [3.63, 3.8) is 0 Å². The van der Waals surface area contributed by atoms with Crippen LogP contribution in [0.5, 0.6) is 0 Å². The van der Waals surface area contributed by atoms with E-state index >= 15 is 0 Å². The number of nitrogens with two attached hydrogens (primary N) is 1. The molecule has 0 heterocycles. The molecule has 0 aliphatic carbocycles. The number of nitrogens with one attached hydrogen (secondary N) is 1. The van der Waals surface area contributed by atoms with E-state index in [4.69, 9.17) is 5.73 Å². The van der Waals surface area contributed by atoms with Crippen molar-refractivity contribution in [2.75, 3.05) is 13.1 Å². The summed E-state index contributed by atoms with van der Waals surface area (Å²) in [6.45, 7) is 13.8. The van der Waals surface area contributed by atoms with Crippen LogP contribution in [0.25, 0.3) is 0 Å². The highest BCUT2D eigenvalue weighted by Gasteiger charge is 2.33. The number of hydrogen-bond acceptors (Lipinski definition) is 3. The van der Waals surface area contributed by atoms with Gasteiger partial charge in [-0.05, 0) is 41.2 Å². The summed E-state index contributed by atoms with van der Waals surface area (Å²) < 4.78 is 0. The highest BCUT2D eigenvalue weighted by molar-refractivity contribution is 5.84. The molecule has 0 aromatic rings. The number of carbonyl (C=O) groups excluding carboxylic acids is 1. The molecule has 16 heavy (non-hydrogen) atoms. The van der Waals surface area contributed by atoms with E-state index in [1.807, 2.05) is 20.8 Å². The van der Waals surface area contributed by atoms with Crippen LogP contribution >= 0.6 is 0 Å².